The fourth-order valence-corrected chi connectivity index (χ4v) is 3.10. The Morgan fingerprint density at radius 1 is 1.13 bits per heavy atom. The highest BCUT2D eigenvalue weighted by Gasteiger charge is 2.47. The monoisotopic (exact) mass is 313 g/mol. The smallest absolute Gasteiger partial charge is 0.255 e. The lowest BCUT2D eigenvalue weighted by molar-refractivity contribution is -0.129. The molecule has 1 aliphatic heterocycles. The summed E-state index contributed by atoms with van der Waals surface area (Å²) in [6.45, 7) is -0.0410. The highest BCUT2D eigenvalue weighted by molar-refractivity contribution is 6.05. The number of rotatable bonds is 5. The van der Waals surface area contributed by atoms with Crippen molar-refractivity contribution in [2.45, 2.75) is 43.8 Å². The number of fused-ring (bicyclic) bond motifs is 1. The molecule has 3 aliphatic rings. The van der Waals surface area contributed by atoms with Gasteiger partial charge in [0.25, 0.3) is 5.91 Å². The molecule has 6 nitrogen and oxygen atoms in total. The van der Waals surface area contributed by atoms with E-state index in [1.807, 2.05) is 18.2 Å². The van der Waals surface area contributed by atoms with Gasteiger partial charge in [0, 0.05) is 17.6 Å². The molecule has 1 aromatic rings. The molecule has 0 aromatic heterocycles. The summed E-state index contributed by atoms with van der Waals surface area (Å²) in [5, 5.41) is 5.53. The van der Waals surface area contributed by atoms with Crippen molar-refractivity contribution < 1.29 is 14.4 Å². The molecular weight excluding hydrogens is 294 g/mol. The number of benzene rings is 1. The van der Waals surface area contributed by atoms with E-state index >= 15 is 0 Å². The zero-order valence-electron chi connectivity index (χ0n) is 12.7. The van der Waals surface area contributed by atoms with E-state index in [4.69, 9.17) is 0 Å². The van der Waals surface area contributed by atoms with Crippen LogP contribution in [0.25, 0.3) is 0 Å². The van der Waals surface area contributed by atoms with Gasteiger partial charge in [0.2, 0.25) is 11.8 Å². The van der Waals surface area contributed by atoms with Crippen molar-refractivity contribution in [1.29, 1.82) is 0 Å². The molecule has 0 saturated heterocycles. The topological polar surface area (TPSA) is 78.5 Å². The van der Waals surface area contributed by atoms with E-state index < -0.39 is 6.04 Å². The van der Waals surface area contributed by atoms with E-state index in [-0.39, 0.29) is 36.3 Å². The second-order valence-electron chi connectivity index (χ2n) is 6.49. The van der Waals surface area contributed by atoms with Crippen LogP contribution in [0.4, 0.5) is 0 Å². The predicted molar refractivity (Wildman–Crippen MR) is 82.5 cm³/mol. The molecule has 120 valence electrons. The first-order chi connectivity index (χ1) is 11.1. The van der Waals surface area contributed by atoms with Gasteiger partial charge in [0.15, 0.2) is 0 Å². The minimum Gasteiger partial charge on any atom is -0.352 e. The maximum absolute atomic E-state index is 12.6. The van der Waals surface area contributed by atoms with Crippen LogP contribution in [0.2, 0.25) is 0 Å². The minimum absolute atomic E-state index is 0.0410. The van der Waals surface area contributed by atoms with Gasteiger partial charge in [-0.25, -0.2) is 0 Å². The molecular formula is C17H19N3O3. The van der Waals surface area contributed by atoms with Gasteiger partial charge < -0.3 is 15.5 Å². The van der Waals surface area contributed by atoms with Gasteiger partial charge in [-0.3, -0.25) is 14.4 Å². The Kier molecular flexibility index (Phi) is 3.32. The summed E-state index contributed by atoms with van der Waals surface area (Å²) in [4.78, 5) is 38.6. The molecule has 0 radical (unpaired) electrons. The SMILES string of the molecule is O=C(CNC(=O)[C@H]1c2ccccc2C(=O)N1C1CC1)NC1CC1. The van der Waals surface area contributed by atoms with Crippen molar-refractivity contribution in [2.24, 2.45) is 0 Å². The third kappa shape index (κ3) is 2.69. The van der Waals surface area contributed by atoms with Crippen LogP contribution in [-0.2, 0) is 9.59 Å². The Bertz CT molecular complexity index is 679. The zero-order valence-corrected chi connectivity index (χ0v) is 12.7. The number of amides is 3. The molecule has 2 N–H and O–H groups in total. The second-order valence-corrected chi connectivity index (χ2v) is 6.49. The third-order valence-corrected chi connectivity index (χ3v) is 4.55. The van der Waals surface area contributed by atoms with E-state index in [0.717, 1.165) is 31.2 Å². The van der Waals surface area contributed by atoms with Crippen molar-refractivity contribution >= 4 is 17.7 Å². The van der Waals surface area contributed by atoms with E-state index in [1.165, 1.54) is 0 Å². The molecule has 2 saturated carbocycles. The van der Waals surface area contributed by atoms with E-state index in [2.05, 4.69) is 10.6 Å². The third-order valence-electron chi connectivity index (χ3n) is 4.55. The predicted octanol–water partition coefficient (Wildman–Crippen LogP) is 0.741. The van der Waals surface area contributed by atoms with Crippen LogP contribution in [0, 0.1) is 0 Å². The van der Waals surface area contributed by atoms with Crippen LogP contribution in [-0.4, -0.2) is 41.2 Å². The molecule has 4 rings (SSSR count). The van der Waals surface area contributed by atoms with Crippen LogP contribution in [0.5, 0.6) is 0 Å². The lowest BCUT2D eigenvalue weighted by Crippen LogP contribution is -2.44. The summed E-state index contributed by atoms with van der Waals surface area (Å²) in [5.74, 6) is -0.525. The van der Waals surface area contributed by atoms with Gasteiger partial charge in [0.05, 0.1) is 6.54 Å². The summed E-state index contributed by atoms with van der Waals surface area (Å²) in [6.07, 6.45) is 3.90. The Hall–Kier alpha value is -2.37. The van der Waals surface area contributed by atoms with Crippen LogP contribution in [0.3, 0.4) is 0 Å². The van der Waals surface area contributed by atoms with Crippen molar-refractivity contribution in [3.63, 3.8) is 0 Å². The molecule has 1 heterocycles. The summed E-state index contributed by atoms with van der Waals surface area (Å²) in [7, 11) is 0. The number of nitrogens with zero attached hydrogens (tertiary/aromatic N) is 1. The first kappa shape index (κ1) is 14.2. The normalized spacial score (nSPS) is 22.7. The van der Waals surface area contributed by atoms with E-state index in [0.29, 0.717) is 5.56 Å². The van der Waals surface area contributed by atoms with E-state index in [9.17, 15) is 14.4 Å². The minimum atomic E-state index is -0.611. The van der Waals surface area contributed by atoms with Gasteiger partial charge in [-0.2, -0.15) is 0 Å². The van der Waals surface area contributed by atoms with Gasteiger partial charge in [-0.05, 0) is 37.3 Å². The molecule has 0 bridgehead atoms. The highest BCUT2D eigenvalue weighted by atomic mass is 16.2. The Balaban J connectivity index is 1.49. The summed E-state index contributed by atoms with van der Waals surface area (Å²) >= 11 is 0. The largest absolute Gasteiger partial charge is 0.352 e. The summed E-state index contributed by atoms with van der Waals surface area (Å²) in [5.41, 5.74) is 1.34. The van der Waals surface area contributed by atoms with Gasteiger partial charge in [-0.15, -0.1) is 0 Å². The summed E-state index contributed by atoms with van der Waals surface area (Å²) < 4.78 is 0. The Morgan fingerprint density at radius 2 is 1.87 bits per heavy atom. The van der Waals surface area contributed by atoms with Crippen LogP contribution < -0.4 is 10.6 Å². The number of carbonyl (C=O) groups is 3. The number of nitrogens with one attached hydrogen (secondary N) is 2. The first-order valence-electron chi connectivity index (χ1n) is 8.14. The van der Waals surface area contributed by atoms with Crippen LogP contribution in [0.15, 0.2) is 24.3 Å². The molecule has 6 heteroatoms. The number of hydrogen-bond acceptors (Lipinski definition) is 3. The second kappa shape index (κ2) is 5.37. The first-order valence-corrected chi connectivity index (χ1v) is 8.14. The molecule has 1 atom stereocenters. The molecule has 23 heavy (non-hydrogen) atoms. The van der Waals surface area contributed by atoms with Crippen LogP contribution in [0.1, 0.15) is 47.6 Å². The Morgan fingerprint density at radius 3 is 2.57 bits per heavy atom. The molecule has 0 spiro atoms. The average Bonchev–Trinajstić information content (AvgIpc) is 3.45. The molecule has 2 aliphatic carbocycles. The molecule has 1 aromatic carbocycles. The molecule has 0 unspecified atom stereocenters. The maximum atomic E-state index is 12.6. The fourth-order valence-electron chi connectivity index (χ4n) is 3.10. The molecule has 3 amide bonds. The van der Waals surface area contributed by atoms with Crippen molar-refractivity contribution in [2.75, 3.05) is 6.54 Å². The van der Waals surface area contributed by atoms with Crippen LogP contribution >= 0.6 is 0 Å². The number of carbonyl (C=O) groups excluding carboxylic acids is 3. The van der Waals surface area contributed by atoms with Crippen molar-refractivity contribution in [1.82, 2.24) is 15.5 Å². The van der Waals surface area contributed by atoms with Crippen molar-refractivity contribution in [3.8, 4) is 0 Å². The standard InChI is InChI=1S/C17H19N3O3/c21-14(19-10-5-6-10)9-18-16(22)15-12-3-1-2-4-13(12)17(23)20(15)11-7-8-11/h1-4,10-11,15H,5-9H2,(H,18,22)(H,19,21)/t15-/m1/s1. The highest BCUT2D eigenvalue weighted by Crippen LogP contribution is 2.41. The quantitative estimate of drug-likeness (QED) is 0.841. The zero-order chi connectivity index (χ0) is 16.0. The average molecular weight is 313 g/mol. The van der Waals surface area contributed by atoms with Crippen molar-refractivity contribution in [3.05, 3.63) is 35.4 Å². The Labute approximate surface area is 134 Å². The number of hydrogen-bond donors (Lipinski definition) is 2. The fraction of sp³-hybridized carbons (Fsp3) is 0.471. The lowest BCUT2D eigenvalue weighted by Gasteiger charge is -2.24. The lowest BCUT2D eigenvalue weighted by atomic mass is 10.0. The summed E-state index contributed by atoms with van der Waals surface area (Å²) in [6, 6.07) is 7.04. The van der Waals surface area contributed by atoms with Gasteiger partial charge in [0.1, 0.15) is 6.04 Å². The van der Waals surface area contributed by atoms with E-state index in [1.54, 1.807) is 11.0 Å². The van der Waals surface area contributed by atoms with Gasteiger partial charge >= 0.3 is 0 Å². The molecule has 2 fully saturated rings. The van der Waals surface area contributed by atoms with Gasteiger partial charge in [-0.1, -0.05) is 18.2 Å². The maximum Gasteiger partial charge on any atom is 0.255 e.